The van der Waals surface area contributed by atoms with Crippen LogP contribution in [0.4, 0.5) is 0 Å². The molecule has 0 heterocycles. The average Bonchev–Trinajstić information content (AvgIpc) is 2.33. The van der Waals surface area contributed by atoms with E-state index in [1.54, 1.807) is 0 Å². The molecule has 0 bridgehead atoms. The number of hydrogen-bond donors (Lipinski definition) is 2. The van der Waals surface area contributed by atoms with Crippen molar-refractivity contribution in [1.29, 1.82) is 0 Å². The number of hydrogen-bond acceptors (Lipinski definition) is 2. The van der Waals surface area contributed by atoms with Crippen LogP contribution in [0.25, 0.3) is 0 Å². The van der Waals surface area contributed by atoms with Crippen molar-refractivity contribution in [3.05, 3.63) is 0 Å². The van der Waals surface area contributed by atoms with Crippen molar-refractivity contribution >= 4 is 5.97 Å². The molecule has 0 amide bonds. The molecule has 1 aliphatic rings. The third-order valence-electron chi connectivity index (χ3n) is 5.32. The van der Waals surface area contributed by atoms with E-state index >= 15 is 0 Å². The molecule has 0 aromatic heterocycles. The number of nitrogens with one attached hydrogen (secondary N) is 1. The highest BCUT2D eigenvalue weighted by molar-refractivity contribution is 5.71. The predicted molar refractivity (Wildman–Crippen MR) is 79.2 cm³/mol. The van der Waals surface area contributed by atoms with Crippen LogP contribution in [0.1, 0.15) is 66.7 Å². The third kappa shape index (κ3) is 3.71. The summed E-state index contributed by atoms with van der Waals surface area (Å²) in [5.74, 6) is -0.434. The molecule has 0 radical (unpaired) electrons. The molecule has 2 N–H and O–H groups in total. The minimum absolute atomic E-state index is 0.133. The van der Waals surface area contributed by atoms with E-state index in [9.17, 15) is 9.90 Å². The van der Waals surface area contributed by atoms with E-state index in [0.717, 1.165) is 19.3 Å². The minimum atomic E-state index is -0.629. The van der Waals surface area contributed by atoms with Crippen molar-refractivity contribution in [2.75, 3.05) is 0 Å². The Kier molecular flexibility index (Phi) is 5.84. The van der Waals surface area contributed by atoms with Gasteiger partial charge in [-0.25, -0.2) is 0 Å². The lowest BCUT2D eigenvalue weighted by Crippen LogP contribution is -2.53. The van der Waals surface area contributed by atoms with Crippen molar-refractivity contribution < 1.29 is 9.90 Å². The first-order valence-corrected chi connectivity index (χ1v) is 7.83. The molecule has 3 nitrogen and oxygen atoms in total. The zero-order valence-corrected chi connectivity index (χ0v) is 13.2. The fourth-order valence-corrected chi connectivity index (χ4v) is 3.53. The third-order valence-corrected chi connectivity index (χ3v) is 5.32. The van der Waals surface area contributed by atoms with Crippen molar-refractivity contribution in [3.63, 3.8) is 0 Å². The first-order chi connectivity index (χ1) is 8.84. The maximum absolute atomic E-state index is 11.4. The molecule has 1 aliphatic carbocycles. The summed E-state index contributed by atoms with van der Waals surface area (Å²) >= 11 is 0. The van der Waals surface area contributed by atoms with Gasteiger partial charge in [0.05, 0.1) is 5.92 Å². The van der Waals surface area contributed by atoms with E-state index in [-0.39, 0.29) is 11.3 Å². The molecule has 112 valence electrons. The molecular formula is C16H31NO2. The van der Waals surface area contributed by atoms with E-state index in [2.05, 4.69) is 39.9 Å². The van der Waals surface area contributed by atoms with E-state index in [1.165, 1.54) is 12.8 Å². The smallest absolute Gasteiger partial charge is 0.307 e. The lowest BCUT2D eigenvalue weighted by Gasteiger charge is -2.47. The molecule has 0 spiro atoms. The first-order valence-electron chi connectivity index (χ1n) is 7.83. The summed E-state index contributed by atoms with van der Waals surface area (Å²) < 4.78 is 0. The maximum atomic E-state index is 11.4. The van der Waals surface area contributed by atoms with Crippen LogP contribution < -0.4 is 5.32 Å². The monoisotopic (exact) mass is 269 g/mol. The van der Waals surface area contributed by atoms with Crippen molar-refractivity contribution in [3.8, 4) is 0 Å². The standard InChI is InChI=1S/C16H31NO2/c1-6-8-12(7-2)17-14-10-9-13(15(18)19)16(4,5)11(14)3/h11-14,17H,6-10H2,1-5H3,(H,18,19). The van der Waals surface area contributed by atoms with E-state index in [4.69, 9.17) is 0 Å². The second-order valence-electron chi connectivity index (χ2n) is 6.75. The van der Waals surface area contributed by atoms with Gasteiger partial charge in [-0.2, -0.15) is 0 Å². The van der Waals surface area contributed by atoms with Crippen LogP contribution in [0.5, 0.6) is 0 Å². The summed E-state index contributed by atoms with van der Waals surface area (Å²) in [4.78, 5) is 11.4. The van der Waals surface area contributed by atoms with Gasteiger partial charge in [-0.1, -0.05) is 41.0 Å². The van der Waals surface area contributed by atoms with E-state index < -0.39 is 5.97 Å². The van der Waals surface area contributed by atoms with E-state index in [0.29, 0.717) is 18.0 Å². The summed E-state index contributed by atoms with van der Waals surface area (Å²) in [5.41, 5.74) is -0.133. The van der Waals surface area contributed by atoms with Crippen LogP contribution in [0.2, 0.25) is 0 Å². The van der Waals surface area contributed by atoms with Crippen LogP contribution in [-0.4, -0.2) is 23.2 Å². The molecule has 1 fully saturated rings. The first kappa shape index (κ1) is 16.5. The Hall–Kier alpha value is -0.570. The molecule has 4 atom stereocenters. The molecule has 0 aromatic carbocycles. The Labute approximate surface area is 118 Å². The van der Waals surface area contributed by atoms with Crippen molar-refractivity contribution in [2.45, 2.75) is 78.8 Å². The van der Waals surface area contributed by atoms with Crippen LogP contribution in [-0.2, 0) is 4.79 Å². The molecule has 1 saturated carbocycles. The molecule has 4 unspecified atom stereocenters. The van der Waals surface area contributed by atoms with Gasteiger partial charge in [0, 0.05) is 12.1 Å². The van der Waals surface area contributed by atoms with Crippen LogP contribution >= 0.6 is 0 Å². The van der Waals surface area contributed by atoms with Gasteiger partial charge in [0.25, 0.3) is 0 Å². The molecule has 19 heavy (non-hydrogen) atoms. The van der Waals surface area contributed by atoms with Crippen LogP contribution in [0, 0.1) is 17.3 Å². The number of carboxylic acids is 1. The topological polar surface area (TPSA) is 49.3 Å². The summed E-state index contributed by atoms with van der Waals surface area (Å²) in [6.07, 6.45) is 5.35. The zero-order valence-electron chi connectivity index (χ0n) is 13.2. The SMILES string of the molecule is CCCC(CC)NC1CCC(C(=O)O)C(C)(C)C1C. The lowest BCUT2D eigenvalue weighted by molar-refractivity contribution is -0.150. The van der Waals surface area contributed by atoms with Crippen LogP contribution in [0.3, 0.4) is 0 Å². The van der Waals surface area contributed by atoms with Gasteiger partial charge in [-0.15, -0.1) is 0 Å². The molecule has 1 rings (SSSR count). The Morgan fingerprint density at radius 1 is 1.37 bits per heavy atom. The number of carboxylic acid groups (broad SMARTS) is 1. The normalized spacial score (nSPS) is 31.9. The average molecular weight is 269 g/mol. The number of carbonyl (C=O) groups is 1. The second kappa shape index (κ2) is 6.74. The summed E-state index contributed by atoms with van der Waals surface area (Å²) in [7, 11) is 0. The summed E-state index contributed by atoms with van der Waals surface area (Å²) in [6, 6.07) is 1.04. The molecule has 3 heteroatoms. The zero-order chi connectivity index (χ0) is 14.6. The van der Waals surface area contributed by atoms with Gasteiger partial charge < -0.3 is 10.4 Å². The van der Waals surface area contributed by atoms with Gasteiger partial charge in [0.1, 0.15) is 0 Å². The molecule has 0 aliphatic heterocycles. The van der Waals surface area contributed by atoms with Crippen LogP contribution in [0.15, 0.2) is 0 Å². The van der Waals surface area contributed by atoms with Gasteiger partial charge in [0.2, 0.25) is 0 Å². The fourth-order valence-electron chi connectivity index (χ4n) is 3.53. The van der Waals surface area contributed by atoms with Gasteiger partial charge in [-0.3, -0.25) is 4.79 Å². The largest absolute Gasteiger partial charge is 0.481 e. The van der Waals surface area contributed by atoms with Gasteiger partial charge in [-0.05, 0) is 37.0 Å². The highest BCUT2D eigenvalue weighted by Gasteiger charge is 2.46. The highest BCUT2D eigenvalue weighted by atomic mass is 16.4. The Morgan fingerprint density at radius 2 is 2.00 bits per heavy atom. The second-order valence-corrected chi connectivity index (χ2v) is 6.75. The number of aliphatic carboxylic acids is 1. The van der Waals surface area contributed by atoms with Gasteiger partial charge >= 0.3 is 5.97 Å². The molecular weight excluding hydrogens is 238 g/mol. The van der Waals surface area contributed by atoms with Crippen molar-refractivity contribution in [2.24, 2.45) is 17.3 Å². The fraction of sp³-hybridized carbons (Fsp3) is 0.938. The summed E-state index contributed by atoms with van der Waals surface area (Å²) in [6.45, 7) is 10.9. The predicted octanol–water partition coefficient (Wildman–Crippen LogP) is 3.68. The van der Waals surface area contributed by atoms with E-state index in [1.807, 2.05) is 0 Å². The lowest BCUT2D eigenvalue weighted by atomic mass is 9.61. The Balaban J connectivity index is 2.71. The minimum Gasteiger partial charge on any atom is -0.481 e. The highest BCUT2D eigenvalue weighted by Crippen LogP contribution is 2.45. The number of rotatable bonds is 6. The summed E-state index contributed by atoms with van der Waals surface area (Å²) in [5, 5.41) is 13.1. The Morgan fingerprint density at radius 3 is 2.47 bits per heavy atom. The Bertz CT molecular complexity index is 301. The van der Waals surface area contributed by atoms with Gasteiger partial charge in [0.15, 0.2) is 0 Å². The molecule has 0 saturated heterocycles. The quantitative estimate of drug-likeness (QED) is 0.773. The van der Waals surface area contributed by atoms with Crippen molar-refractivity contribution in [1.82, 2.24) is 5.32 Å². The maximum Gasteiger partial charge on any atom is 0.307 e. The molecule has 0 aromatic rings.